The number of nitrogens with zero attached hydrogens (tertiary/aromatic N) is 1. The molecule has 1 aromatic heterocycles. The molecule has 0 radical (unpaired) electrons. The van der Waals surface area contributed by atoms with E-state index in [1.165, 1.54) is 0 Å². The minimum absolute atomic E-state index is 0.00538. The minimum Gasteiger partial charge on any atom is -0.467 e. The number of ether oxygens (including phenoxy) is 1. The first-order valence-electron chi connectivity index (χ1n) is 8.44. The fourth-order valence-corrected chi connectivity index (χ4v) is 3.69. The normalized spacial score (nSPS) is 30.1. The lowest BCUT2D eigenvalue weighted by atomic mass is 9.89. The van der Waals surface area contributed by atoms with Gasteiger partial charge >= 0.3 is 0 Å². The monoisotopic (exact) mass is 318 g/mol. The maximum Gasteiger partial charge on any atom is 0.226 e. The zero-order chi connectivity index (χ0) is 15.8. The summed E-state index contributed by atoms with van der Waals surface area (Å²) in [4.78, 5) is 27.0. The van der Waals surface area contributed by atoms with Gasteiger partial charge in [-0.1, -0.05) is 0 Å². The summed E-state index contributed by atoms with van der Waals surface area (Å²) in [6.45, 7) is 1.59. The number of fused-ring (bicyclic) bond motifs is 1. The second-order valence-electron chi connectivity index (χ2n) is 6.76. The van der Waals surface area contributed by atoms with Crippen molar-refractivity contribution in [3.63, 3.8) is 0 Å². The predicted molar refractivity (Wildman–Crippen MR) is 81.2 cm³/mol. The first-order chi connectivity index (χ1) is 11.2. The van der Waals surface area contributed by atoms with Crippen LogP contribution in [0.1, 0.15) is 31.4 Å². The van der Waals surface area contributed by atoms with E-state index in [1.54, 1.807) is 12.3 Å². The molecule has 1 N–H and O–H groups in total. The number of hydrogen-bond acceptors (Lipinski definition) is 4. The van der Waals surface area contributed by atoms with Crippen LogP contribution in [0.4, 0.5) is 0 Å². The third kappa shape index (κ3) is 3.00. The molecular weight excluding hydrogens is 296 g/mol. The van der Waals surface area contributed by atoms with Gasteiger partial charge in [0.05, 0.1) is 30.9 Å². The van der Waals surface area contributed by atoms with Gasteiger partial charge in [0, 0.05) is 19.1 Å². The van der Waals surface area contributed by atoms with E-state index in [-0.39, 0.29) is 35.8 Å². The van der Waals surface area contributed by atoms with Gasteiger partial charge in [0.25, 0.3) is 0 Å². The van der Waals surface area contributed by atoms with Crippen molar-refractivity contribution in [3.05, 3.63) is 24.2 Å². The fraction of sp³-hybridized carbons (Fsp3) is 0.647. The molecule has 6 nitrogen and oxygen atoms in total. The number of rotatable bonds is 4. The van der Waals surface area contributed by atoms with Crippen LogP contribution in [0.5, 0.6) is 0 Å². The van der Waals surface area contributed by atoms with Crippen molar-refractivity contribution in [2.45, 2.75) is 44.4 Å². The van der Waals surface area contributed by atoms with Crippen molar-refractivity contribution < 1.29 is 18.7 Å². The van der Waals surface area contributed by atoms with Gasteiger partial charge in [0.1, 0.15) is 5.76 Å². The number of amides is 2. The van der Waals surface area contributed by atoms with E-state index in [0.29, 0.717) is 26.1 Å². The summed E-state index contributed by atoms with van der Waals surface area (Å²) in [6.07, 6.45) is 5.17. The van der Waals surface area contributed by atoms with Crippen LogP contribution in [0.25, 0.3) is 0 Å². The Morgan fingerprint density at radius 2 is 2.13 bits per heavy atom. The molecule has 6 heteroatoms. The van der Waals surface area contributed by atoms with Gasteiger partial charge in [0.15, 0.2) is 0 Å². The fourth-order valence-electron chi connectivity index (χ4n) is 3.69. The number of furan rings is 1. The van der Waals surface area contributed by atoms with Gasteiger partial charge in [-0.25, -0.2) is 0 Å². The van der Waals surface area contributed by atoms with Crippen molar-refractivity contribution in [3.8, 4) is 0 Å². The first-order valence-corrected chi connectivity index (χ1v) is 8.44. The maximum absolute atomic E-state index is 12.5. The third-order valence-corrected chi connectivity index (χ3v) is 5.11. The van der Waals surface area contributed by atoms with Crippen molar-refractivity contribution in [1.29, 1.82) is 0 Å². The summed E-state index contributed by atoms with van der Waals surface area (Å²) in [5, 5.41) is 2.91. The van der Waals surface area contributed by atoms with Crippen LogP contribution in [-0.2, 0) is 20.9 Å². The summed E-state index contributed by atoms with van der Waals surface area (Å²) in [6, 6.07) is 3.80. The van der Waals surface area contributed by atoms with Crippen LogP contribution in [-0.4, -0.2) is 42.0 Å². The van der Waals surface area contributed by atoms with Crippen molar-refractivity contribution in [2.75, 3.05) is 13.2 Å². The summed E-state index contributed by atoms with van der Waals surface area (Å²) in [7, 11) is 0. The zero-order valence-corrected chi connectivity index (χ0v) is 13.1. The molecule has 1 saturated carbocycles. The second kappa shape index (κ2) is 6.00. The van der Waals surface area contributed by atoms with Gasteiger partial charge in [-0.2, -0.15) is 0 Å². The number of carbonyl (C=O) groups is 2. The van der Waals surface area contributed by atoms with Crippen LogP contribution < -0.4 is 5.32 Å². The Balaban J connectivity index is 1.41. The smallest absolute Gasteiger partial charge is 0.226 e. The molecule has 0 spiro atoms. The Morgan fingerprint density at radius 3 is 2.87 bits per heavy atom. The molecule has 4 rings (SSSR count). The van der Waals surface area contributed by atoms with E-state index in [0.717, 1.165) is 25.0 Å². The molecule has 2 saturated heterocycles. The highest BCUT2D eigenvalue weighted by Gasteiger charge is 2.46. The summed E-state index contributed by atoms with van der Waals surface area (Å²) in [5.41, 5.74) is 0. The zero-order valence-electron chi connectivity index (χ0n) is 13.1. The van der Waals surface area contributed by atoms with Crippen molar-refractivity contribution in [2.24, 2.45) is 11.8 Å². The summed E-state index contributed by atoms with van der Waals surface area (Å²) < 4.78 is 11.0. The highest BCUT2D eigenvalue weighted by Crippen LogP contribution is 2.37. The molecule has 3 fully saturated rings. The molecule has 2 aliphatic heterocycles. The summed E-state index contributed by atoms with van der Waals surface area (Å²) >= 11 is 0. The van der Waals surface area contributed by atoms with Gasteiger partial charge in [0.2, 0.25) is 11.8 Å². The van der Waals surface area contributed by atoms with Crippen LogP contribution in [0.2, 0.25) is 0 Å². The number of likely N-dealkylation sites (tertiary alicyclic amines) is 1. The largest absolute Gasteiger partial charge is 0.467 e. The average Bonchev–Trinajstić information content (AvgIpc) is 3.08. The SMILES string of the molecule is O=C(NCc1ccco1)[C@H]1C[C@H]2OCC[C@H]2N(C(=O)C2CC2)C1. The standard InChI is InChI=1S/C17H22N2O4/c20-16(18-9-13-2-1-6-22-13)12-8-15-14(5-7-23-15)19(10-12)17(21)11-3-4-11/h1-2,6,11-12,14-15H,3-5,7-10H2,(H,18,20)/t12-,14+,15+/m0/s1. The van der Waals surface area contributed by atoms with Gasteiger partial charge in [-0.05, 0) is 37.8 Å². The topological polar surface area (TPSA) is 71.8 Å². The minimum atomic E-state index is -0.202. The molecule has 0 bridgehead atoms. The van der Waals surface area contributed by atoms with Crippen LogP contribution in [0, 0.1) is 11.8 Å². The van der Waals surface area contributed by atoms with Crippen LogP contribution in [0.15, 0.2) is 22.8 Å². The molecule has 3 atom stereocenters. The van der Waals surface area contributed by atoms with Crippen LogP contribution >= 0.6 is 0 Å². The number of nitrogens with one attached hydrogen (secondary N) is 1. The second-order valence-corrected chi connectivity index (χ2v) is 6.76. The van der Waals surface area contributed by atoms with Gasteiger partial charge < -0.3 is 19.4 Å². The molecule has 1 aromatic rings. The lowest BCUT2D eigenvalue weighted by Crippen LogP contribution is -2.55. The van der Waals surface area contributed by atoms with E-state index < -0.39 is 0 Å². The Hall–Kier alpha value is -1.82. The van der Waals surface area contributed by atoms with Crippen molar-refractivity contribution >= 4 is 11.8 Å². The first kappa shape index (κ1) is 14.8. The Labute approximate surface area is 135 Å². The third-order valence-electron chi connectivity index (χ3n) is 5.11. The van der Waals surface area contributed by atoms with Gasteiger partial charge in [-0.15, -0.1) is 0 Å². The molecule has 0 unspecified atom stereocenters. The van der Waals surface area contributed by atoms with E-state index in [1.807, 2.05) is 11.0 Å². The maximum atomic E-state index is 12.5. The molecule has 0 aromatic carbocycles. The average molecular weight is 318 g/mol. The van der Waals surface area contributed by atoms with Gasteiger partial charge in [-0.3, -0.25) is 9.59 Å². The molecule has 23 heavy (non-hydrogen) atoms. The molecule has 1 aliphatic carbocycles. The molecular formula is C17H22N2O4. The number of hydrogen-bond donors (Lipinski definition) is 1. The van der Waals surface area contributed by atoms with Crippen molar-refractivity contribution in [1.82, 2.24) is 10.2 Å². The molecule has 3 heterocycles. The predicted octanol–water partition coefficient (Wildman–Crippen LogP) is 1.31. The van der Waals surface area contributed by atoms with E-state index in [9.17, 15) is 9.59 Å². The molecule has 2 amide bonds. The highest BCUT2D eigenvalue weighted by molar-refractivity contribution is 5.84. The Morgan fingerprint density at radius 1 is 1.26 bits per heavy atom. The Kier molecular flexibility index (Phi) is 3.85. The van der Waals surface area contributed by atoms with E-state index >= 15 is 0 Å². The van der Waals surface area contributed by atoms with E-state index in [2.05, 4.69) is 5.32 Å². The van der Waals surface area contributed by atoms with E-state index in [4.69, 9.17) is 9.15 Å². The lowest BCUT2D eigenvalue weighted by molar-refractivity contribution is -0.143. The highest BCUT2D eigenvalue weighted by atomic mass is 16.5. The number of piperidine rings is 1. The van der Waals surface area contributed by atoms with Crippen LogP contribution in [0.3, 0.4) is 0 Å². The molecule has 3 aliphatic rings. The number of carbonyl (C=O) groups excluding carboxylic acids is 2. The Bertz CT molecular complexity index is 581. The quantitative estimate of drug-likeness (QED) is 0.908. The summed E-state index contributed by atoms with van der Waals surface area (Å²) in [5.74, 6) is 0.904. The molecule has 124 valence electrons. The lowest BCUT2D eigenvalue weighted by Gasteiger charge is -2.40.